The summed E-state index contributed by atoms with van der Waals surface area (Å²) in [5.41, 5.74) is 1.71. The molecule has 0 atom stereocenters. The predicted octanol–water partition coefficient (Wildman–Crippen LogP) is 1.84. The number of fused-ring (bicyclic) bond motifs is 1. The first kappa shape index (κ1) is 22.5. The molecule has 2 heterocycles. The Morgan fingerprint density at radius 3 is 2.63 bits per heavy atom. The number of carbonyl (C=O) groups excluding carboxylic acids is 1. The molecule has 1 aromatic carbocycles. The maximum Gasteiger partial charge on any atom is 0.259 e. The van der Waals surface area contributed by atoms with Gasteiger partial charge in [-0.25, -0.2) is 18.5 Å². The molecular weight excluding hydrogens is 444 g/mol. The number of thioether (sulfide) groups is 1. The highest BCUT2D eigenvalue weighted by atomic mass is 32.2. The second kappa shape index (κ2) is 9.29. The molecule has 3 aromatic rings. The van der Waals surface area contributed by atoms with Crippen molar-refractivity contribution in [1.82, 2.24) is 15.3 Å². The minimum Gasteiger partial charge on any atom is -0.355 e. The van der Waals surface area contributed by atoms with Gasteiger partial charge in [0.2, 0.25) is 15.9 Å². The number of hydrogen-bond acceptors (Lipinski definition) is 7. The van der Waals surface area contributed by atoms with Crippen molar-refractivity contribution in [3.63, 3.8) is 0 Å². The summed E-state index contributed by atoms with van der Waals surface area (Å²) in [6.45, 7) is 4.32. The number of aromatic amines is 1. The van der Waals surface area contributed by atoms with E-state index in [-0.39, 0.29) is 22.1 Å². The fourth-order valence-corrected chi connectivity index (χ4v) is 5.13. The van der Waals surface area contributed by atoms with Crippen molar-refractivity contribution >= 4 is 49.2 Å². The third-order valence-electron chi connectivity index (χ3n) is 4.55. The zero-order chi connectivity index (χ0) is 21.9. The van der Waals surface area contributed by atoms with Gasteiger partial charge in [-0.2, -0.15) is 0 Å². The summed E-state index contributed by atoms with van der Waals surface area (Å²) < 4.78 is 22.5. The molecule has 4 N–H and O–H groups in total. The van der Waals surface area contributed by atoms with Gasteiger partial charge in [-0.3, -0.25) is 9.59 Å². The molecule has 0 bridgehead atoms. The van der Waals surface area contributed by atoms with E-state index in [2.05, 4.69) is 15.3 Å². The van der Waals surface area contributed by atoms with Crippen LogP contribution in [0.3, 0.4) is 0 Å². The van der Waals surface area contributed by atoms with Crippen LogP contribution in [0.15, 0.2) is 34.0 Å². The van der Waals surface area contributed by atoms with E-state index in [4.69, 9.17) is 5.14 Å². The number of nitrogens with one attached hydrogen (secondary N) is 2. The van der Waals surface area contributed by atoms with Crippen LogP contribution in [0, 0.1) is 13.8 Å². The summed E-state index contributed by atoms with van der Waals surface area (Å²) in [6, 6.07) is 6.24. The summed E-state index contributed by atoms with van der Waals surface area (Å²) in [5, 5.41) is 8.53. The molecule has 0 saturated carbocycles. The second-order valence-electron chi connectivity index (χ2n) is 6.76. The average Bonchev–Trinajstić information content (AvgIpc) is 2.95. The molecule has 2 aromatic heterocycles. The van der Waals surface area contributed by atoms with Crippen molar-refractivity contribution in [1.29, 1.82) is 0 Å². The summed E-state index contributed by atoms with van der Waals surface area (Å²) in [5.74, 6) is 1.12. The lowest BCUT2D eigenvalue weighted by atomic mass is 10.1. The van der Waals surface area contributed by atoms with Crippen molar-refractivity contribution in [2.75, 3.05) is 12.3 Å². The summed E-state index contributed by atoms with van der Waals surface area (Å²) in [7, 11) is -3.70. The van der Waals surface area contributed by atoms with Gasteiger partial charge in [-0.15, -0.1) is 23.1 Å². The third-order valence-corrected chi connectivity index (χ3v) is 7.52. The Kier molecular flexibility index (Phi) is 6.96. The largest absolute Gasteiger partial charge is 0.355 e. The molecule has 8 nitrogen and oxygen atoms in total. The molecule has 0 spiro atoms. The molecule has 0 fully saturated rings. The van der Waals surface area contributed by atoms with Gasteiger partial charge in [0.1, 0.15) is 10.7 Å². The van der Waals surface area contributed by atoms with E-state index in [1.165, 1.54) is 35.2 Å². The minimum atomic E-state index is -3.70. The van der Waals surface area contributed by atoms with Crippen LogP contribution in [0.4, 0.5) is 0 Å². The third kappa shape index (κ3) is 5.48. The van der Waals surface area contributed by atoms with Gasteiger partial charge in [-0.05, 0) is 43.5 Å². The van der Waals surface area contributed by atoms with E-state index < -0.39 is 10.0 Å². The Hall–Kier alpha value is -2.21. The molecule has 0 aliphatic carbocycles. The first-order valence-electron chi connectivity index (χ1n) is 9.10. The lowest BCUT2D eigenvalue weighted by Gasteiger charge is -2.06. The van der Waals surface area contributed by atoms with Crippen LogP contribution in [0.2, 0.25) is 0 Å². The molecule has 1 amide bonds. The Labute approximate surface area is 182 Å². The van der Waals surface area contributed by atoms with Gasteiger partial charge in [0.25, 0.3) is 5.56 Å². The fraction of sp³-hybridized carbons (Fsp3) is 0.316. The van der Waals surface area contributed by atoms with E-state index in [1.807, 2.05) is 13.8 Å². The molecule has 11 heteroatoms. The standard InChI is InChI=1S/C19H22N4O4S3/c1-11-12(2)29-19-17(11)18(25)22-15(23-19)9-28-10-16(24)21-8-7-13-3-5-14(6-4-13)30(20,26)27/h3-6H,7-10H2,1-2H3,(H,21,24)(H2,20,26,27)(H,22,23,25). The number of aryl methyl sites for hydroxylation is 2. The lowest BCUT2D eigenvalue weighted by molar-refractivity contribution is -0.118. The van der Waals surface area contributed by atoms with E-state index >= 15 is 0 Å². The highest BCUT2D eigenvalue weighted by molar-refractivity contribution is 7.99. The van der Waals surface area contributed by atoms with Crippen molar-refractivity contribution in [3.05, 3.63) is 56.4 Å². The quantitative estimate of drug-likeness (QED) is 0.464. The SMILES string of the molecule is Cc1sc2nc(CSCC(=O)NCCc3ccc(S(N)(=O)=O)cc3)[nH]c(=O)c2c1C. The monoisotopic (exact) mass is 466 g/mol. The molecule has 0 saturated heterocycles. The number of benzene rings is 1. The van der Waals surface area contributed by atoms with E-state index in [0.29, 0.717) is 29.9 Å². The summed E-state index contributed by atoms with van der Waals surface area (Å²) >= 11 is 2.87. The summed E-state index contributed by atoms with van der Waals surface area (Å²) in [6.07, 6.45) is 0.573. The van der Waals surface area contributed by atoms with Crippen LogP contribution in [0.1, 0.15) is 21.8 Å². The number of carbonyl (C=O) groups is 1. The number of primary sulfonamides is 1. The Bertz CT molecular complexity index is 1230. The number of aromatic nitrogens is 2. The van der Waals surface area contributed by atoms with Crippen LogP contribution in [-0.4, -0.2) is 36.6 Å². The number of amides is 1. The molecule has 0 aliphatic rings. The molecule has 0 unspecified atom stereocenters. The van der Waals surface area contributed by atoms with Crippen molar-refractivity contribution in [2.45, 2.75) is 30.9 Å². The number of sulfonamides is 1. The molecule has 0 aliphatic heterocycles. The van der Waals surface area contributed by atoms with E-state index in [0.717, 1.165) is 20.8 Å². The Balaban J connectivity index is 1.45. The lowest BCUT2D eigenvalue weighted by Crippen LogP contribution is -2.27. The normalized spacial score (nSPS) is 11.7. The van der Waals surface area contributed by atoms with Gasteiger partial charge in [0.05, 0.1) is 21.8 Å². The predicted molar refractivity (Wildman–Crippen MR) is 120 cm³/mol. The summed E-state index contributed by atoms with van der Waals surface area (Å²) in [4.78, 5) is 33.4. The molecular formula is C19H22N4O4S3. The van der Waals surface area contributed by atoms with E-state index in [9.17, 15) is 18.0 Å². The number of nitrogens with two attached hydrogens (primary N) is 1. The molecule has 0 radical (unpaired) electrons. The van der Waals surface area contributed by atoms with Gasteiger partial charge in [0.15, 0.2) is 0 Å². The smallest absolute Gasteiger partial charge is 0.259 e. The van der Waals surface area contributed by atoms with Crippen LogP contribution >= 0.6 is 23.1 Å². The zero-order valence-electron chi connectivity index (χ0n) is 16.5. The van der Waals surface area contributed by atoms with Gasteiger partial charge >= 0.3 is 0 Å². The van der Waals surface area contributed by atoms with Crippen molar-refractivity contribution in [2.24, 2.45) is 5.14 Å². The van der Waals surface area contributed by atoms with E-state index in [1.54, 1.807) is 12.1 Å². The number of rotatable bonds is 8. The van der Waals surface area contributed by atoms with Crippen LogP contribution in [-0.2, 0) is 27.0 Å². The van der Waals surface area contributed by atoms with Gasteiger partial charge in [0, 0.05) is 11.4 Å². The first-order chi connectivity index (χ1) is 14.1. The highest BCUT2D eigenvalue weighted by Gasteiger charge is 2.12. The molecule has 160 valence electrons. The first-order valence-corrected chi connectivity index (χ1v) is 12.6. The highest BCUT2D eigenvalue weighted by Crippen LogP contribution is 2.26. The average molecular weight is 467 g/mol. The topological polar surface area (TPSA) is 135 Å². The van der Waals surface area contributed by atoms with Crippen LogP contribution in [0.25, 0.3) is 10.2 Å². The maximum atomic E-state index is 12.3. The Morgan fingerprint density at radius 2 is 1.97 bits per heavy atom. The van der Waals surface area contributed by atoms with Gasteiger partial charge in [-0.1, -0.05) is 12.1 Å². The van der Waals surface area contributed by atoms with Gasteiger partial charge < -0.3 is 10.3 Å². The number of thiophene rings is 1. The van der Waals surface area contributed by atoms with Crippen molar-refractivity contribution < 1.29 is 13.2 Å². The van der Waals surface area contributed by atoms with Crippen LogP contribution in [0.5, 0.6) is 0 Å². The molecule has 30 heavy (non-hydrogen) atoms. The zero-order valence-corrected chi connectivity index (χ0v) is 19.0. The van der Waals surface area contributed by atoms with Crippen molar-refractivity contribution in [3.8, 4) is 0 Å². The fourth-order valence-electron chi connectivity index (χ4n) is 2.85. The minimum absolute atomic E-state index is 0.0596. The number of nitrogens with zero attached hydrogens (tertiary/aromatic N) is 1. The number of H-pyrrole nitrogens is 1. The second-order valence-corrected chi connectivity index (χ2v) is 10.5. The molecule has 3 rings (SSSR count). The number of hydrogen-bond donors (Lipinski definition) is 3. The van der Waals surface area contributed by atoms with Crippen LogP contribution < -0.4 is 16.0 Å². The maximum absolute atomic E-state index is 12.3. The Morgan fingerprint density at radius 1 is 1.27 bits per heavy atom.